The van der Waals surface area contributed by atoms with Crippen LogP contribution in [0.15, 0.2) is 66.9 Å². The number of aliphatic hydroxyl groups is 1. The number of nitrogens with zero attached hydrogens (tertiary/aromatic N) is 3. The summed E-state index contributed by atoms with van der Waals surface area (Å²) in [7, 11) is 0. The van der Waals surface area contributed by atoms with E-state index in [1.54, 1.807) is 0 Å². The van der Waals surface area contributed by atoms with Crippen molar-refractivity contribution in [1.29, 1.82) is 0 Å². The van der Waals surface area contributed by atoms with Gasteiger partial charge in [-0.05, 0) is 42.8 Å². The first-order valence-corrected chi connectivity index (χ1v) is 11.1. The summed E-state index contributed by atoms with van der Waals surface area (Å²) >= 11 is 0. The molecule has 0 radical (unpaired) electrons. The quantitative estimate of drug-likeness (QED) is 0.493. The van der Waals surface area contributed by atoms with Gasteiger partial charge in [0.15, 0.2) is 0 Å². The minimum atomic E-state index is -0.169. The first-order chi connectivity index (χ1) is 15.7. The summed E-state index contributed by atoms with van der Waals surface area (Å²) < 4.78 is 0. The zero-order chi connectivity index (χ0) is 21.9. The summed E-state index contributed by atoms with van der Waals surface area (Å²) in [6, 6.07) is 20.1. The fourth-order valence-corrected chi connectivity index (χ4v) is 4.62. The van der Waals surface area contributed by atoms with Crippen LogP contribution in [-0.2, 0) is 6.54 Å². The predicted molar refractivity (Wildman–Crippen MR) is 126 cm³/mol. The lowest BCUT2D eigenvalue weighted by Crippen LogP contribution is -2.27. The molecule has 1 saturated heterocycles. The summed E-state index contributed by atoms with van der Waals surface area (Å²) in [6.45, 7) is 2.92. The molecule has 5 rings (SSSR count). The molecule has 1 atom stereocenters. The molecule has 1 amide bonds. The average molecular weight is 427 g/mol. The second kappa shape index (κ2) is 9.02. The zero-order valence-electron chi connectivity index (χ0n) is 17.9. The monoisotopic (exact) mass is 426 g/mol. The van der Waals surface area contributed by atoms with Crippen LogP contribution in [0.1, 0.15) is 34.0 Å². The van der Waals surface area contributed by atoms with Gasteiger partial charge in [-0.25, -0.2) is 0 Å². The summed E-state index contributed by atoms with van der Waals surface area (Å²) in [6.07, 6.45) is 2.84. The van der Waals surface area contributed by atoms with Crippen LogP contribution in [0.5, 0.6) is 0 Å². The van der Waals surface area contributed by atoms with Crippen molar-refractivity contribution >= 4 is 27.7 Å². The van der Waals surface area contributed by atoms with Crippen LogP contribution in [0.2, 0.25) is 0 Å². The van der Waals surface area contributed by atoms with Crippen LogP contribution in [0.3, 0.4) is 0 Å². The highest BCUT2D eigenvalue weighted by Gasteiger charge is 2.27. The number of hydrogen-bond donors (Lipinski definition) is 2. The Morgan fingerprint density at radius 3 is 2.81 bits per heavy atom. The number of hydrogen-bond acceptors (Lipinski definition) is 5. The molecule has 2 N–H and O–H groups in total. The molecule has 2 aromatic carbocycles. The van der Waals surface area contributed by atoms with Crippen LogP contribution >= 0.6 is 0 Å². The molecular weight excluding hydrogens is 400 g/mol. The summed E-state index contributed by atoms with van der Waals surface area (Å²) in [5.41, 5.74) is 4.72. The highest BCUT2D eigenvalue weighted by Crippen LogP contribution is 2.31. The largest absolute Gasteiger partial charge is 0.395 e. The van der Waals surface area contributed by atoms with Crippen molar-refractivity contribution in [3.05, 3.63) is 83.7 Å². The lowest BCUT2D eigenvalue weighted by molar-refractivity contribution is 0.0946. The number of benzene rings is 2. The second-order valence-electron chi connectivity index (χ2n) is 8.30. The van der Waals surface area contributed by atoms with Crippen molar-refractivity contribution < 1.29 is 9.90 Å². The molecule has 0 spiro atoms. The molecule has 0 aliphatic carbocycles. The predicted octanol–water partition coefficient (Wildman–Crippen LogP) is 3.49. The van der Waals surface area contributed by atoms with Gasteiger partial charge in [-0.15, -0.1) is 0 Å². The van der Waals surface area contributed by atoms with Crippen LogP contribution < -0.4 is 5.32 Å². The SMILES string of the molecule is O=C(NCCO)c1cc(C2CCN(Cc3cccc4ncccc34)C2)nc2ccccc12. The van der Waals surface area contributed by atoms with Gasteiger partial charge in [-0.2, -0.15) is 0 Å². The number of nitrogens with one attached hydrogen (secondary N) is 1. The van der Waals surface area contributed by atoms with Crippen LogP contribution in [0.4, 0.5) is 0 Å². The van der Waals surface area contributed by atoms with E-state index in [0.29, 0.717) is 5.56 Å². The maximum absolute atomic E-state index is 12.7. The molecule has 2 aromatic heterocycles. The van der Waals surface area contributed by atoms with E-state index in [9.17, 15) is 4.79 Å². The first kappa shape index (κ1) is 20.5. The van der Waals surface area contributed by atoms with E-state index in [0.717, 1.165) is 48.2 Å². The first-order valence-electron chi connectivity index (χ1n) is 11.1. The third kappa shape index (κ3) is 4.07. The smallest absolute Gasteiger partial charge is 0.252 e. The highest BCUT2D eigenvalue weighted by atomic mass is 16.3. The van der Waals surface area contributed by atoms with E-state index >= 15 is 0 Å². The number of rotatable bonds is 6. The molecule has 1 aliphatic rings. The lowest BCUT2D eigenvalue weighted by atomic mass is 9.99. The van der Waals surface area contributed by atoms with Gasteiger partial charge in [0.05, 0.1) is 23.2 Å². The molecule has 0 saturated carbocycles. The Bertz CT molecular complexity index is 1270. The number of carbonyl (C=O) groups excluding carboxylic acids is 1. The van der Waals surface area contributed by atoms with Crippen molar-refractivity contribution in [1.82, 2.24) is 20.2 Å². The maximum Gasteiger partial charge on any atom is 0.252 e. The Morgan fingerprint density at radius 1 is 1.06 bits per heavy atom. The Morgan fingerprint density at radius 2 is 1.91 bits per heavy atom. The fraction of sp³-hybridized carbons (Fsp3) is 0.269. The Hall–Kier alpha value is -3.35. The van der Waals surface area contributed by atoms with Gasteiger partial charge in [0.1, 0.15) is 0 Å². The number of amides is 1. The zero-order valence-corrected chi connectivity index (χ0v) is 17.9. The summed E-state index contributed by atoms with van der Waals surface area (Å²) in [5, 5.41) is 13.9. The third-order valence-corrected chi connectivity index (χ3v) is 6.20. The van der Waals surface area contributed by atoms with E-state index in [1.807, 2.05) is 48.7 Å². The Labute approximate surface area is 186 Å². The van der Waals surface area contributed by atoms with Crippen molar-refractivity contribution in [2.75, 3.05) is 26.2 Å². The molecule has 1 aliphatic heterocycles. The van der Waals surface area contributed by atoms with Gasteiger partial charge in [-0.3, -0.25) is 19.7 Å². The van der Waals surface area contributed by atoms with E-state index in [-0.39, 0.29) is 25.0 Å². The number of pyridine rings is 2. The number of para-hydroxylation sites is 1. The topological polar surface area (TPSA) is 78.4 Å². The molecule has 32 heavy (non-hydrogen) atoms. The number of likely N-dealkylation sites (tertiary alicyclic amines) is 1. The number of fused-ring (bicyclic) bond motifs is 2. The van der Waals surface area contributed by atoms with Crippen molar-refractivity contribution in [3.8, 4) is 0 Å². The fourth-order valence-electron chi connectivity index (χ4n) is 4.62. The third-order valence-electron chi connectivity index (χ3n) is 6.20. The normalized spacial score (nSPS) is 16.6. The average Bonchev–Trinajstić information content (AvgIpc) is 3.30. The minimum absolute atomic E-state index is 0.0805. The Balaban J connectivity index is 1.40. The van der Waals surface area contributed by atoms with Gasteiger partial charge in [0, 0.05) is 48.2 Å². The van der Waals surface area contributed by atoms with E-state index in [2.05, 4.69) is 33.4 Å². The number of aliphatic hydroxyl groups excluding tert-OH is 1. The molecule has 6 heteroatoms. The van der Waals surface area contributed by atoms with E-state index in [4.69, 9.17) is 10.1 Å². The lowest BCUT2D eigenvalue weighted by Gasteiger charge is -2.18. The Kier molecular flexibility index (Phi) is 5.79. The van der Waals surface area contributed by atoms with Crippen LogP contribution in [-0.4, -0.2) is 52.1 Å². The van der Waals surface area contributed by atoms with Crippen molar-refractivity contribution in [2.45, 2.75) is 18.9 Å². The minimum Gasteiger partial charge on any atom is -0.395 e. The van der Waals surface area contributed by atoms with E-state index in [1.165, 1.54) is 10.9 Å². The van der Waals surface area contributed by atoms with Gasteiger partial charge in [-0.1, -0.05) is 36.4 Å². The molecule has 4 aromatic rings. The molecule has 6 nitrogen and oxygen atoms in total. The van der Waals surface area contributed by atoms with Crippen LogP contribution in [0, 0.1) is 0 Å². The number of aromatic nitrogens is 2. The highest BCUT2D eigenvalue weighted by molar-refractivity contribution is 6.06. The van der Waals surface area contributed by atoms with E-state index < -0.39 is 0 Å². The van der Waals surface area contributed by atoms with Crippen LogP contribution in [0.25, 0.3) is 21.8 Å². The number of carbonyl (C=O) groups is 1. The van der Waals surface area contributed by atoms with Crippen molar-refractivity contribution in [3.63, 3.8) is 0 Å². The molecule has 1 unspecified atom stereocenters. The van der Waals surface area contributed by atoms with Gasteiger partial charge >= 0.3 is 0 Å². The van der Waals surface area contributed by atoms with Gasteiger partial charge in [0.25, 0.3) is 5.91 Å². The van der Waals surface area contributed by atoms with Crippen molar-refractivity contribution in [2.24, 2.45) is 0 Å². The molecule has 1 fully saturated rings. The summed E-state index contributed by atoms with van der Waals surface area (Å²) in [5.74, 6) is 0.106. The van der Waals surface area contributed by atoms with Gasteiger partial charge < -0.3 is 10.4 Å². The van der Waals surface area contributed by atoms with Gasteiger partial charge in [0.2, 0.25) is 0 Å². The molecule has 162 valence electrons. The standard InChI is InChI=1S/C26H26N4O2/c31-14-12-28-26(32)22-15-25(29-24-8-2-1-6-21(22)24)19-10-13-30(17-19)16-18-5-3-9-23-20(18)7-4-11-27-23/h1-9,11,15,19,31H,10,12-14,16-17H2,(H,28,32). The molecular formula is C26H26N4O2. The second-order valence-corrected chi connectivity index (χ2v) is 8.30. The summed E-state index contributed by atoms with van der Waals surface area (Å²) in [4.78, 5) is 24.6. The molecule has 3 heterocycles. The molecule has 0 bridgehead atoms. The maximum atomic E-state index is 12.7.